The lowest BCUT2D eigenvalue weighted by molar-refractivity contribution is 1.27. The molecule has 0 saturated carbocycles. The van der Waals surface area contributed by atoms with Gasteiger partial charge in [0.2, 0.25) is 0 Å². The van der Waals surface area contributed by atoms with Crippen molar-refractivity contribution in [2.75, 3.05) is 0 Å². The Morgan fingerprint density at radius 1 is 0.444 bits per heavy atom. The summed E-state index contributed by atoms with van der Waals surface area (Å²) in [6, 6.07) is 24.0. The molecule has 0 aliphatic rings. The van der Waals surface area contributed by atoms with Gasteiger partial charge >= 0.3 is 0 Å². The standard InChI is InChI=1S/C16H16N2/c1-3-7-11-15(17-13-9-5-1)16-12-8-4-2-6-10-14-18-16/h1-14,17-18H. The Bertz CT molecular complexity index is 477. The molecule has 2 aromatic rings. The van der Waals surface area contributed by atoms with Crippen LogP contribution in [0.2, 0.25) is 0 Å². The molecule has 2 nitrogen and oxygen atoms in total. The minimum absolute atomic E-state index is 1.02. The van der Waals surface area contributed by atoms with Crippen LogP contribution in [0.15, 0.2) is 85.2 Å². The van der Waals surface area contributed by atoms with Gasteiger partial charge in [0.1, 0.15) is 0 Å². The molecule has 0 aliphatic heterocycles. The summed E-state index contributed by atoms with van der Waals surface area (Å²) in [7, 11) is 0. The largest absolute Gasteiger partial charge is 0.360 e. The van der Waals surface area contributed by atoms with Crippen molar-refractivity contribution in [3.8, 4) is 11.4 Å². The van der Waals surface area contributed by atoms with E-state index in [1.807, 2.05) is 85.2 Å². The van der Waals surface area contributed by atoms with Crippen LogP contribution in [0.25, 0.3) is 11.4 Å². The highest BCUT2D eigenvalue weighted by Gasteiger charge is 1.90. The molecule has 0 fully saturated rings. The molecule has 0 unspecified atom stereocenters. The number of rotatable bonds is 1. The maximum Gasteiger partial charge on any atom is 0.0618 e. The van der Waals surface area contributed by atoms with E-state index < -0.39 is 0 Å². The first-order valence-electron chi connectivity index (χ1n) is 5.90. The fraction of sp³-hybridized carbons (Fsp3) is 0. The first-order valence-corrected chi connectivity index (χ1v) is 5.90. The van der Waals surface area contributed by atoms with Gasteiger partial charge in [0.15, 0.2) is 0 Å². The van der Waals surface area contributed by atoms with Gasteiger partial charge in [-0.05, 0) is 24.3 Å². The molecule has 0 spiro atoms. The van der Waals surface area contributed by atoms with E-state index in [0.29, 0.717) is 0 Å². The van der Waals surface area contributed by atoms with Gasteiger partial charge in [0.05, 0.1) is 11.4 Å². The molecule has 2 heterocycles. The van der Waals surface area contributed by atoms with Crippen LogP contribution in [-0.2, 0) is 0 Å². The SMILES string of the molecule is c1ccc[nH]c(-c2ccccccc[nH]2)ccc1. The number of aromatic amines is 2. The molecule has 2 rings (SSSR count). The van der Waals surface area contributed by atoms with Crippen LogP contribution in [-0.4, -0.2) is 9.97 Å². The molecule has 2 aromatic heterocycles. The Morgan fingerprint density at radius 3 is 1.33 bits per heavy atom. The van der Waals surface area contributed by atoms with E-state index in [1.165, 1.54) is 0 Å². The van der Waals surface area contributed by atoms with Gasteiger partial charge in [-0.2, -0.15) is 0 Å². The quantitative estimate of drug-likeness (QED) is 0.741. The summed E-state index contributed by atoms with van der Waals surface area (Å²) in [6.07, 6.45) is 3.83. The summed E-state index contributed by atoms with van der Waals surface area (Å²) in [6.45, 7) is 0. The number of aromatic nitrogens is 2. The summed E-state index contributed by atoms with van der Waals surface area (Å²) < 4.78 is 0. The van der Waals surface area contributed by atoms with E-state index in [0.717, 1.165) is 11.4 Å². The van der Waals surface area contributed by atoms with Crippen molar-refractivity contribution in [3.63, 3.8) is 0 Å². The number of nitrogens with one attached hydrogen (secondary N) is 2. The molecular formula is C16H16N2. The van der Waals surface area contributed by atoms with Crippen molar-refractivity contribution in [1.29, 1.82) is 0 Å². The zero-order chi connectivity index (χ0) is 12.5. The predicted octanol–water partition coefficient (Wildman–Crippen LogP) is 4.26. The second-order valence-electron chi connectivity index (χ2n) is 3.71. The van der Waals surface area contributed by atoms with Gasteiger partial charge in [-0.3, -0.25) is 0 Å². The zero-order valence-electron chi connectivity index (χ0n) is 10.1. The Kier molecular flexibility index (Phi) is 4.64. The molecule has 18 heavy (non-hydrogen) atoms. The minimum Gasteiger partial charge on any atom is -0.360 e. The maximum absolute atomic E-state index is 3.26. The van der Waals surface area contributed by atoms with E-state index in [9.17, 15) is 0 Å². The normalized spacial score (nSPS) is 9.11. The summed E-state index contributed by atoms with van der Waals surface area (Å²) >= 11 is 0. The van der Waals surface area contributed by atoms with Crippen LogP contribution in [0.1, 0.15) is 0 Å². The molecule has 0 aromatic carbocycles. The lowest BCUT2D eigenvalue weighted by Crippen LogP contribution is -1.80. The number of hydrogen-bond donors (Lipinski definition) is 2. The minimum atomic E-state index is 1.02. The second kappa shape index (κ2) is 6.97. The highest BCUT2D eigenvalue weighted by molar-refractivity contribution is 5.51. The van der Waals surface area contributed by atoms with Crippen molar-refractivity contribution in [3.05, 3.63) is 85.2 Å². The van der Waals surface area contributed by atoms with Gasteiger partial charge in [0.25, 0.3) is 0 Å². The third-order valence-corrected chi connectivity index (χ3v) is 2.37. The van der Waals surface area contributed by atoms with E-state index >= 15 is 0 Å². The molecule has 2 N–H and O–H groups in total. The molecular weight excluding hydrogens is 220 g/mol. The average Bonchev–Trinajstić information content (AvgIpc) is 2.61. The van der Waals surface area contributed by atoms with Gasteiger partial charge < -0.3 is 9.97 Å². The first kappa shape index (κ1) is 12.0. The van der Waals surface area contributed by atoms with E-state index in [-0.39, 0.29) is 0 Å². The fourth-order valence-corrected chi connectivity index (χ4v) is 1.51. The Labute approximate surface area is 107 Å². The summed E-state index contributed by atoms with van der Waals surface area (Å²) in [5, 5.41) is 0. The highest BCUT2D eigenvalue weighted by Crippen LogP contribution is 2.09. The fourth-order valence-electron chi connectivity index (χ4n) is 1.51. The molecule has 0 amide bonds. The monoisotopic (exact) mass is 236 g/mol. The lowest BCUT2D eigenvalue weighted by Gasteiger charge is -1.96. The zero-order valence-corrected chi connectivity index (χ0v) is 10.1. The van der Waals surface area contributed by atoms with Crippen LogP contribution >= 0.6 is 0 Å². The summed E-state index contributed by atoms with van der Waals surface area (Å²) in [5.41, 5.74) is 2.03. The van der Waals surface area contributed by atoms with E-state index in [4.69, 9.17) is 0 Å². The van der Waals surface area contributed by atoms with Crippen molar-refractivity contribution in [2.24, 2.45) is 0 Å². The first-order chi connectivity index (χ1) is 8.97. The molecule has 2 heteroatoms. The highest BCUT2D eigenvalue weighted by atomic mass is 14.7. The van der Waals surface area contributed by atoms with Crippen molar-refractivity contribution in [2.45, 2.75) is 0 Å². The van der Waals surface area contributed by atoms with Gasteiger partial charge in [-0.25, -0.2) is 0 Å². The Hall–Kier alpha value is -2.48. The lowest BCUT2D eigenvalue weighted by atomic mass is 10.3. The van der Waals surface area contributed by atoms with Gasteiger partial charge in [-0.1, -0.05) is 48.5 Å². The molecule has 0 radical (unpaired) electrons. The van der Waals surface area contributed by atoms with Crippen LogP contribution in [0.5, 0.6) is 0 Å². The van der Waals surface area contributed by atoms with Crippen LogP contribution in [0.3, 0.4) is 0 Å². The molecule has 0 saturated heterocycles. The predicted molar refractivity (Wildman–Crippen MR) is 75.8 cm³/mol. The number of H-pyrrole nitrogens is 2. The van der Waals surface area contributed by atoms with Crippen molar-refractivity contribution >= 4 is 0 Å². The second-order valence-corrected chi connectivity index (χ2v) is 3.71. The topological polar surface area (TPSA) is 31.6 Å². The molecule has 0 bridgehead atoms. The number of hydrogen-bond acceptors (Lipinski definition) is 0. The van der Waals surface area contributed by atoms with E-state index in [2.05, 4.69) is 9.97 Å². The third-order valence-electron chi connectivity index (χ3n) is 2.37. The van der Waals surface area contributed by atoms with Crippen LogP contribution in [0.4, 0.5) is 0 Å². The summed E-state index contributed by atoms with van der Waals surface area (Å²) in [4.78, 5) is 6.52. The smallest absolute Gasteiger partial charge is 0.0618 e. The van der Waals surface area contributed by atoms with Crippen LogP contribution in [0, 0.1) is 0 Å². The van der Waals surface area contributed by atoms with Gasteiger partial charge in [-0.15, -0.1) is 0 Å². The van der Waals surface area contributed by atoms with E-state index in [1.54, 1.807) is 0 Å². The molecule has 0 aliphatic carbocycles. The van der Waals surface area contributed by atoms with Crippen LogP contribution < -0.4 is 0 Å². The molecule has 90 valence electrons. The Morgan fingerprint density at radius 2 is 0.833 bits per heavy atom. The molecule has 0 atom stereocenters. The summed E-state index contributed by atoms with van der Waals surface area (Å²) in [5.74, 6) is 0. The third kappa shape index (κ3) is 3.83. The van der Waals surface area contributed by atoms with Gasteiger partial charge in [0, 0.05) is 12.4 Å². The average molecular weight is 236 g/mol. The van der Waals surface area contributed by atoms with Crippen molar-refractivity contribution < 1.29 is 0 Å². The maximum atomic E-state index is 3.26. The van der Waals surface area contributed by atoms with Crippen molar-refractivity contribution in [1.82, 2.24) is 9.97 Å². The Balaban J connectivity index is 2.56.